The summed E-state index contributed by atoms with van der Waals surface area (Å²) in [6.45, 7) is -0.612. The van der Waals surface area contributed by atoms with E-state index < -0.39 is 36.2 Å². The van der Waals surface area contributed by atoms with Gasteiger partial charge in [-0.3, -0.25) is 29.6 Å². The quantitative estimate of drug-likeness (QED) is 0.559. The lowest BCUT2D eigenvalue weighted by molar-refractivity contribution is -0.151. The largest absolute Gasteiger partial charge is 0.455 e. The number of hydrazine groups is 1. The second-order valence-corrected chi connectivity index (χ2v) is 8.39. The van der Waals surface area contributed by atoms with Crippen molar-refractivity contribution in [3.05, 3.63) is 62.5 Å². The molecule has 1 fully saturated rings. The van der Waals surface area contributed by atoms with Crippen LogP contribution in [0.15, 0.2) is 46.9 Å². The number of amides is 3. The molecule has 2 N–H and O–H groups in total. The van der Waals surface area contributed by atoms with E-state index in [0.29, 0.717) is 10.6 Å². The summed E-state index contributed by atoms with van der Waals surface area (Å²) in [5, 5.41) is 4.23. The molecule has 0 aromatic heterocycles. The molecule has 0 bridgehead atoms. The molecule has 0 aliphatic carbocycles. The normalized spacial score (nSPS) is 15.5. The Balaban J connectivity index is 1.49. The maximum atomic E-state index is 12.3. The zero-order valence-electron chi connectivity index (χ0n) is 15.9. The Morgan fingerprint density at radius 1 is 1.13 bits per heavy atom. The van der Waals surface area contributed by atoms with Gasteiger partial charge in [0.15, 0.2) is 6.61 Å². The van der Waals surface area contributed by atoms with Gasteiger partial charge in [-0.05, 0) is 42.5 Å². The Labute approximate surface area is 195 Å². The van der Waals surface area contributed by atoms with Gasteiger partial charge >= 0.3 is 5.97 Å². The molecule has 0 radical (unpaired) electrons. The maximum absolute atomic E-state index is 12.3. The molecule has 2 aromatic carbocycles. The van der Waals surface area contributed by atoms with E-state index in [2.05, 4.69) is 26.7 Å². The van der Waals surface area contributed by atoms with Crippen molar-refractivity contribution in [3.63, 3.8) is 0 Å². The summed E-state index contributed by atoms with van der Waals surface area (Å²) in [5.74, 6) is -3.04. The van der Waals surface area contributed by atoms with Crippen LogP contribution >= 0.6 is 39.1 Å². The topological polar surface area (TPSA) is 105 Å². The van der Waals surface area contributed by atoms with Gasteiger partial charge in [-0.2, -0.15) is 0 Å². The first-order valence-electron chi connectivity index (χ1n) is 9.01. The van der Waals surface area contributed by atoms with E-state index in [4.69, 9.17) is 27.9 Å². The van der Waals surface area contributed by atoms with Gasteiger partial charge in [-0.1, -0.05) is 39.1 Å². The molecule has 0 unspecified atom stereocenters. The van der Waals surface area contributed by atoms with Crippen molar-refractivity contribution in [1.82, 2.24) is 10.4 Å². The number of nitrogens with one attached hydrogen (secondary N) is 2. The van der Waals surface area contributed by atoms with E-state index in [1.807, 2.05) is 0 Å². The van der Waals surface area contributed by atoms with Crippen molar-refractivity contribution in [3.8, 4) is 0 Å². The van der Waals surface area contributed by atoms with Crippen molar-refractivity contribution in [2.75, 3.05) is 18.5 Å². The lowest BCUT2D eigenvalue weighted by Crippen LogP contribution is -2.43. The molecule has 1 heterocycles. The number of benzene rings is 2. The van der Waals surface area contributed by atoms with E-state index in [1.165, 1.54) is 12.1 Å². The zero-order chi connectivity index (χ0) is 22.5. The van der Waals surface area contributed by atoms with Gasteiger partial charge in [-0.25, -0.2) is 0 Å². The van der Waals surface area contributed by atoms with Crippen LogP contribution in [0.4, 0.5) is 5.69 Å². The Hall–Kier alpha value is -2.62. The highest BCUT2D eigenvalue weighted by Crippen LogP contribution is 2.25. The molecule has 11 heteroatoms. The minimum atomic E-state index is -0.805. The van der Waals surface area contributed by atoms with Gasteiger partial charge in [0.05, 0.1) is 23.2 Å². The highest BCUT2D eigenvalue weighted by Gasteiger charge is 2.36. The fraction of sp³-hybridized carbons (Fsp3) is 0.200. The summed E-state index contributed by atoms with van der Waals surface area (Å²) in [6, 6.07) is 11.1. The van der Waals surface area contributed by atoms with Crippen LogP contribution in [0.1, 0.15) is 16.8 Å². The third-order valence-electron chi connectivity index (χ3n) is 4.35. The van der Waals surface area contributed by atoms with Gasteiger partial charge in [-0.15, -0.1) is 0 Å². The Morgan fingerprint density at radius 2 is 1.84 bits per heavy atom. The Morgan fingerprint density at radius 3 is 2.55 bits per heavy atom. The van der Waals surface area contributed by atoms with E-state index in [9.17, 15) is 19.2 Å². The van der Waals surface area contributed by atoms with Crippen molar-refractivity contribution >= 4 is 68.5 Å². The first-order chi connectivity index (χ1) is 14.7. The molecular formula is C20H16BrCl2N3O5. The second-order valence-electron chi connectivity index (χ2n) is 6.63. The summed E-state index contributed by atoms with van der Waals surface area (Å²) in [7, 11) is 0. The Bertz CT molecular complexity index is 1030. The van der Waals surface area contributed by atoms with Crippen LogP contribution in [-0.4, -0.2) is 41.9 Å². The van der Waals surface area contributed by atoms with Crippen LogP contribution in [0, 0.1) is 5.92 Å². The number of rotatable bonds is 6. The summed E-state index contributed by atoms with van der Waals surface area (Å²) in [6.07, 6.45) is -0.138. The number of ether oxygens (including phenoxy) is 1. The van der Waals surface area contributed by atoms with E-state index in [1.54, 1.807) is 30.3 Å². The molecular weight excluding hydrogens is 513 g/mol. The predicted molar refractivity (Wildman–Crippen MR) is 117 cm³/mol. The number of esters is 1. The average molecular weight is 529 g/mol. The molecule has 0 spiro atoms. The van der Waals surface area contributed by atoms with Crippen LogP contribution < -0.4 is 10.7 Å². The van der Waals surface area contributed by atoms with Crippen LogP contribution in [0.5, 0.6) is 0 Å². The summed E-state index contributed by atoms with van der Waals surface area (Å²) < 4.78 is 5.82. The SMILES string of the molecule is O=C(COC(=O)[C@H]1CC(=O)N(NC(=O)c2ccc(Br)cc2)C1)Nc1cc(Cl)ccc1Cl. The molecule has 1 aliphatic heterocycles. The monoisotopic (exact) mass is 527 g/mol. The smallest absolute Gasteiger partial charge is 0.311 e. The van der Waals surface area contributed by atoms with E-state index >= 15 is 0 Å². The number of hydrogen-bond acceptors (Lipinski definition) is 5. The van der Waals surface area contributed by atoms with E-state index in [-0.39, 0.29) is 23.7 Å². The molecule has 31 heavy (non-hydrogen) atoms. The highest BCUT2D eigenvalue weighted by atomic mass is 79.9. The minimum Gasteiger partial charge on any atom is -0.455 e. The van der Waals surface area contributed by atoms with Crippen molar-refractivity contribution in [2.45, 2.75) is 6.42 Å². The van der Waals surface area contributed by atoms with Gasteiger partial charge in [0.2, 0.25) is 5.91 Å². The van der Waals surface area contributed by atoms with Crippen LogP contribution in [-0.2, 0) is 19.1 Å². The van der Waals surface area contributed by atoms with Crippen molar-refractivity contribution in [1.29, 1.82) is 0 Å². The first kappa shape index (κ1) is 23.1. The highest BCUT2D eigenvalue weighted by molar-refractivity contribution is 9.10. The van der Waals surface area contributed by atoms with Gasteiger partial charge in [0, 0.05) is 21.5 Å². The number of halogens is 3. The number of carbonyl (C=O) groups is 4. The number of anilines is 1. The second kappa shape index (κ2) is 10.1. The molecule has 3 rings (SSSR count). The van der Waals surface area contributed by atoms with Crippen LogP contribution in [0.3, 0.4) is 0 Å². The summed E-state index contributed by atoms with van der Waals surface area (Å²) in [5.41, 5.74) is 3.12. The number of hydrogen-bond donors (Lipinski definition) is 2. The van der Waals surface area contributed by atoms with E-state index in [0.717, 1.165) is 9.48 Å². The van der Waals surface area contributed by atoms with Gasteiger partial charge < -0.3 is 10.1 Å². The molecule has 2 aromatic rings. The summed E-state index contributed by atoms with van der Waals surface area (Å²) in [4.78, 5) is 48.7. The van der Waals surface area contributed by atoms with Gasteiger partial charge in [0.1, 0.15) is 0 Å². The number of carbonyl (C=O) groups excluding carboxylic acids is 4. The third-order valence-corrected chi connectivity index (χ3v) is 5.44. The van der Waals surface area contributed by atoms with Gasteiger partial charge in [0.25, 0.3) is 11.8 Å². The molecule has 162 valence electrons. The Kier molecular flexibility index (Phi) is 7.53. The van der Waals surface area contributed by atoms with Crippen molar-refractivity contribution in [2.24, 2.45) is 5.92 Å². The molecule has 1 atom stereocenters. The molecule has 3 amide bonds. The van der Waals surface area contributed by atoms with Crippen molar-refractivity contribution < 1.29 is 23.9 Å². The molecule has 1 saturated heterocycles. The molecule has 8 nitrogen and oxygen atoms in total. The molecule has 1 aliphatic rings. The fourth-order valence-electron chi connectivity index (χ4n) is 2.80. The number of nitrogens with zero attached hydrogens (tertiary/aromatic N) is 1. The predicted octanol–water partition coefficient (Wildman–Crippen LogP) is 3.43. The average Bonchev–Trinajstić information content (AvgIpc) is 3.09. The standard InChI is InChI=1S/C20H16BrCl2N3O5/c21-13-3-1-11(2-4-13)19(29)25-26-9-12(7-18(26)28)20(30)31-10-17(27)24-16-8-14(22)5-6-15(16)23/h1-6,8,12H,7,9-10H2,(H,24,27)(H,25,29)/t12-/m0/s1. The fourth-order valence-corrected chi connectivity index (χ4v) is 3.40. The maximum Gasteiger partial charge on any atom is 0.311 e. The zero-order valence-corrected chi connectivity index (χ0v) is 19.0. The van der Waals surface area contributed by atoms with Crippen LogP contribution in [0.25, 0.3) is 0 Å². The lowest BCUT2D eigenvalue weighted by atomic mass is 10.1. The summed E-state index contributed by atoms with van der Waals surface area (Å²) >= 11 is 15.1. The minimum absolute atomic E-state index is 0.0539. The van der Waals surface area contributed by atoms with Crippen LogP contribution in [0.2, 0.25) is 10.0 Å². The first-order valence-corrected chi connectivity index (χ1v) is 10.6. The molecule has 0 saturated carbocycles. The lowest BCUT2D eigenvalue weighted by Gasteiger charge is -2.17. The third kappa shape index (κ3) is 6.19.